The van der Waals surface area contributed by atoms with E-state index >= 15 is 0 Å². The van der Waals surface area contributed by atoms with Crippen molar-refractivity contribution >= 4 is 5.97 Å². The number of nitrogens with two attached hydrogens (primary N) is 1. The quantitative estimate of drug-likeness (QED) is 0.603. The monoisotopic (exact) mass is 192 g/mol. The smallest absolute Gasteiger partial charge is 0.332 e. The molecule has 0 fully saturated rings. The highest BCUT2D eigenvalue weighted by molar-refractivity contribution is 5.89. The second kappa shape index (κ2) is 3.31. The first-order chi connectivity index (χ1) is 6.70. The first kappa shape index (κ1) is 9.02. The van der Waals surface area contributed by atoms with Gasteiger partial charge in [0.1, 0.15) is 0 Å². The lowest BCUT2D eigenvalue weighted by Crippen LogP contribution is -2.37. The minimum atomic E-state index is -0.842. The molecule has 0 saturated carbocycles. The van der Waals surface area contributed by atoms with E-state index in [2.05, 4.69) is 0 Å². The molecular formula is C10H12N2O2. The standard InChI is InChI=1S/C10H12N2O2/c11-12-6-5-8(10(13)14)7-3-1-2-4-9(7)12/h1,3-4H,2,5-6,11H2,(H,13,14). The molecule has 4 nitrogen and oxygen atoms in total. The summed E-state index contributed by atoms with van der Waals surface area (Å²) in [4.78, 5) is 10.9. The zero-order valence-electron chi connectivity index (χ0n) is 7.73. The summed E-state index contributed by atoms with van der Waals surface area (Å²) in [6.45, 7) is 0.574. The molecule has 0 bridgehead atoms. The largest absolute Gasteiger partial charge is 0.478 e. The van der Waals surface area contributed by atoms with Crippen LogP contribution in [0.5, 0.6) is 0 Å². The van der Waals surface area contributed by atoms with Crippen molar-refractivity contribution in [2.75, 3.05) is 6.54 Å². The van der Waals surface area contributed by atoms with Gasteiger partial charge in [-0.05, 0) is 12.8 Å². The molecule has 3 N–H and O–H groups in total. The summed E-state index contributed by atoms with van der Waals surface area (Å²) in [7, 11) is 0. The van der Waals surface area contributed by atoms with Crippen LogP contribution in [-0.2, 0) is 4.79 Å². The van der Waals surface area contributed by atoms with E-state index in [1.807, 2.05) is 18.2 Å². The summed E-state index contributed by atoms with van der Waals surface area (Å²) >= 11 is 0. The maximum absolute atomic E-state index is 10.9. The SMILES string of the molecule is NN1CCC(C(=O)O)=C2C=CCC=C21. The normalized spacial score (nSPS) is 20.6. The molecule has 0 amide bonds. The molecular weight excluding hydrogens is 180 g/mol. The minimum absolute atomic E-state index is 0.467. The number of allylic oxidation sites excluding steroid dienone is 3. The van der Waals surface area contributed by atoms with Crippen LogP contribution in [0, 0.1) is 0 Å². The molecule has 4 heteroatoms. The van der Waals surface area contributed by atoms with E-state index < -0.39 is 5.97 Å². The second-order valence-corrected chi connectivity index (χ2v) is 3.37. The molecule has 74 valence electrons. The van der Waals surface area contributed by atoms with Gasteiger partial charge in [0.2, 0.25) is 0 Å². The Labute approximate surface area is 82.0 Å². The number of hydrogen-bond acceptors (Lipinski definition) is 3. The van der Waals surface area contributed by atoms with Gasteiger partial charge in [-0.2, -0.15) is 0 Å². The third kappa shape index (κ3) is 1.33. The molecule has 0 radical (unpaired) electrons. The third-order valence-corrected chi connectivity index (χ3v) is 2.50. The van der Waals surface area contributed by atoms with Crippen molar-refractivity contribution in [3.05, 3.63) is 35.1 Å². The van der Waals surface area contributed by atoms with E-state index in [0.717, 1.165) is 17.7 Å². The number of hydrogen-bond donors (Lipinski definition) is 2. The number of fused-ring (bicyclic) bond motifs is 1. The highest BCUT2D eigenvalue weighted by Gasteiger charge is 2.24. The second-order valence-electron chi connectivity index (χ2n) is 3.37. The van der Waals surface area contributed by atoms with E-state index in [9.17, 15) is 4.79 Å². The Kier molecular flexibility index (Phi) is 2.13. The average Bonchev–Trinajstić information content (AvgIpc) is 2.18. The molecule has 0 saturated heterocycles. The van der Waals surface area contributed by atoms with E-state index in [-0.39, 0.29) is 0 Å². The van der Waals surface area contributed by atoms with Crippen molar-refractivity contribution in [1.82, 2.24) is 5.01 Å². The Balaban J connectivity index is 2.48. The molecule has 0 aromatic rings. The lowest BCUT2D eigenvalue weighted by molar-refractivity contribution is -0.133. The lowest BCUT2D eigenvalue weighted by Gasteiger charge is -2.30. The predicted octanol–water partition coefficient (Wildman–Crippen LogP) is 0.791. The molecule has 1 aliphatic heterocycles. The topological polar surface area (TPSA) is 66.6 Å². The Hall–Kier alpha value is -1.55. The van der Waals surface area contributed by atoms with Gasteiger partial charge in [-0.3, -0.25) is 0 Å². The molecule has 0 atom stereocenters. The van der Waals surface area contributed by atoms with Crippen molar-refractivity contribution in [1.29, 1.82) is 0 Å². The van der Waals surface area contributed by atoms with Gasteiger partial charge in [0.25, 0.3) is 0 Å². The van der Waals surface area contributed by atoms with Crippen molar-refractivity contribution in [2.45, 2.75) is 12.8 Å². The summed E-state index contributed by atoms with van der Waals surface area (Å²) in [5, 5.41) is 10.6. The van der Waals surface area contributed by atoms with Crippen molar-refractivity contribution in [3.8, 4) is 0 Å². The number of carboxylic acid groups (broad SMARTS) is 1. The molecule has 2 aliphatic rings. The highest BCUT2D eigenvalue weighted by atomic mass is 16.4. The van der Waals surface area contributed by atoms with E-state index in [0.29, 0.717) is 18.5 Å². The molecule has 1 aliphatic carbocycles. The Bertz CT molecular complexity index is 366. The molecule has 1 heterocycles. The number of rotatable bonds is 1. The first-order valence-corrected chi connectivity index (χ1v) is 4.56. The average molecular weight is 192 g/mol. The fourth-order valence-corrected chi connectivity index (χ4v) is 1.80. The highest BCUT2D eigenvalue weighted by Crippen LogP contribution is 2.29. The van der Waals surface area contributed by atoms with Gasteiger partial charge in [-0.15, -0.1) is 0 Å². The number of aliphatic carboxylic acids is 1. The summed E-state index contributed by atoms with van der Waals surface area (Å²) in [6.07, 6.45) is 7.07. The molecule has 0 unspecified atom stereocenters. The maximum atomic E-state index is 10.9. The molecule has 0 aromatic carbocycles. The summed E-state index contributed by atoms with van der Waals surface area (Å²) < 4.78 is 0. The maximum Gasteiger partial charge on any atom is 0.332 e. The lowest BCUT2D eigenvalue weighted by atomic mass is 9.94. The van der Waals surface area contributed by atoms with Crippen LogP contribution in [0.4, 0.5) is 0 Å². The van der Waals surface area contributed by atoms with Gasteiger partial charge in [0, 0.05) is 17.7 Å². The van der Waals surface area contributed by atoms with Crippen molar-refractivity contribution in [2.24, 2.45) is 5.84 Å². The third-order valence-electron chi connectivity index (χ3n) is 2.50. The fourth-order valence-electron chi connectivity index (χ4n) is 1.80. The number of hydrazine groups is 1. The minimum Gasteiger partial charge on any atom is -0.478 e. The van der Waals surface area contributed by atoms with Gasteiger partial charge in [0.15, 0.2) is 0 Å². The van der Waals surface area contributed by atoms with Crippen LogP contribution in [0.1, 0.15) is 12.8 Å². The van der Waals surface area contributed by atoms with Crippen LogP contribution >= 0.6 is 0 Å². The van der Waals surface area contributed by atoms with Crippen molar-refractivity contribution in [3.63, 3.8) is 0 Å². The number of carbonyl (C=O) groups is 1. The van der Waals surface area contributed by atoms with Gasteiger partial charge in [-0.1, -0.05) is 18.2 Å². The molecule has 2 rings (SSSR count). The summed E-state index contributed by atoms with van der Waals surface area (Å²) in [5.74, 6) is 4.91. The zero-order valence-corrected chi connectivity index (χ0v) is 7.73. The number of carboxylic acids is 1. The Morgan fingerprint density at radius 3 is 3.07 bits per heavy atom. The Morgan fingerprint density at radius 2 is 2.36 bits per heavy atom. The van der Waals surface area contributed by atoms with Crippen molar-refractivity contribution < 1.29 is 9.90 Å². The van der Waals surface area contributed by atoms with Crippen LogP contribution < -0.4 is 5.84 Å². The van der Waals surface area contributed by atoms with E-state index in [1.54, 1.807) is 5.01 Å². The van der Waals surface area contributed by atoms with Crippen LogP contribution in [0.3, 0.4) is 0 Å². The Morgan fingerprint density at radius 1 is 1.57 bits per heavy atom. The van der Waals surface area contributed by atoms with Gasteiger partial charge in [0.05, 0.1) is 5.70 Å². The van der Waals surface area contributed by atoms with Gasteiger partial charge < -0.3 is 10.1 Å². The van der Waals surface area contributed by atoms with Gasteiger partial charge >= 0.3 is 5.97 Å². The number of nitrogens with zero attached hydrogens (tertiary/aromatic N) is 1. The fraction of sp³-hybridized carbons (Fsp3) is 0.300. The van der Waals surface area contributed by atoms with E-state index in [1.165, 1.54) is 0 Å². The zero-order chi connectivity index (χ0) is 10.1. The van der Waals surface area contributed by atoms with Crippen LogP contribution in [0.2, 0.25) is 0 Å². The van der Waals surface area contributed by atoms with Crippen LogP contribution in [-0.4, -0.2) is 22.6 Å². The molecule has 0 aromatic heterocycles. The van der Waals surface area contributed by atoms with Crippen LogP contribution in [0.15, 0.2) is 35.1 Å². The molecule has 14 heavy (non-hydrogen) atoms. The first-order valence-electron chi connectivity index (χ1n) is 4.56. The van der Waals surface area contributed by atoms with E-state index in [4.69, 9.17) is 10.9 Å². The summed E-state index contributed by atoms with van der Waals surface area (Å²) in [5.41, 5.74) is 2.07. The van der Waals surface area contributed by atoms with Gasteiger partial charge in [-0.25, -0.2) is 10.6 Å². The summed E-state index contributed by atoms with van der Waals surface area (Å²) in [6, 6.07) is 0. The van der Waals surface area contributed by atoms with Crippen LogP contribution in [0.25, 0.3) is 0 Å². The molecule has 0 spiro atoms. The predicted molar refractivity (Wildman–Crippen MR) is 52.0 cm³/mol.